The number of fused-ring (bicyclic) bond motifs is 2. The summed E-state index contributed by atoms with van der Waals surface area (Å²) in [6.45, 7) is 11.7. The predicted molar refractivity (Wildman–Crippen MR) is 141 cm³/mol. The monoisotopic (exact) mass is 489 g/mol. The van der Waals surface area contributed by atoms with Crippen LogP contribution in [0.2, 0.25) is 0 Å². The van der Waals surface area contributed by atoms with Gasteiger partial charge in [0.05, 0.1) is 19.6 Å². The summed E-state index contributed by atoms with van der Waals surface area (Å²) < 4.78 is 17.3. The molecule has 36 heavy (non-hydrogen) atoms. The molecule has 0 aliphatic carbocycles. The highest BCUT2D eigenvalue weighted by Gasteiger charge is 2.35. The standard InChI is InChI=1S/C30H35NO5/c1-17-18(2)28-26(20(4)27(17)35-21(5)32)12-13-30(6,36-28)16-31-29(33)19(3)22-8-9-24-15-25(34-7)11-10-23(24)14-22/h8-11,14-15,19H,12-13,16H2,1-7H3,(H,31,33)/t19-,30+/m0/s1. The maximum absolute atomic E-state index is 13.1. The maximum Gasteiger partial charge on any atom is 0.308 e. The molecule has 4 rings (SSSR count). The normalized spacial score (nSPS) is 17.6. The number of rotatable bonds is 6. The molecule has 2 atom stereocenters. The van der Waals surface area contributed by atoms with E-state index in [4.69, 9.17) is 14.2 Å². The molecular weight excluding hydrogens is 454 g/mol. The molecule has 0 fully saturated rings. The molecule has 0 radical (unpaired) electrons. The van der Waals surface area contributed by atoms with Gasteiger partial charge < -0.3 is 19.5 Å². The van der Waals surface area contributed by atoms with E-state index in [0.717, 1.165) is 62.9 Å². The summed E-state index contributed by atoms with van der Waals surface area (Å²) in [5, 5.41) is 5.27. The molecule has 190 valence electrons. The van der Waals surface area contributed by atoms with Crippen molar-refractivity contribution in [2.75, 3.05) is 13.7 Å². The van der Waals surface area contributed by atoms with Crippen LogP contribution < -0.4 is 19.5 Å². The van der Waals surface area contributed by atoms with E-state index >= 15 is 0 Å². The molecule has 3 aromatic carbocycles. The van der Waals surface area contributed by atoms with Crippen LogP contribution in [0.5, 0.6) is 17.2 Å². The third-order valence-corrected chi connectivity index (χ3v) is 7.41. The van der Waals surface area contributed by atoms with Gasteiger partial charge in [0.25, 0.3) is 0 Å². The SMILES string of the molecule is COc1ccc2cc([C@H](C)C(=O)NC[C@@]3(C)CCc4c(C)c(OC(C)=O)c(C)c(C)c4O3)ccc2c1. The van der Waals surface area contributed by atoms with Crippen LogP contribution in [0.3, 0.4) is 0 Å². The molecule has 6 heteroatoms. The van der Waals surface area contributed by atoms with E-state index in [9.17, 15) is 9.59 Å². The van der Waals surface area contributed by atoms with Gasteiger partial charge in [0.1, 0.15) is 22.8 Å². The van der Waals surface area contributed by atoms with Gasteiger partial charge in [0.15, 0.2) is 0 Å². The summed E-state index contributed by atoms with van der Waals surface area (Å²) >= 11 is 0. The van der Waals surface area contributed by atoms with Crippen LogP contribution in [0.1, 0.15) is 60.9 Å². The minimum Gasteiger partial charge on any atom is -0.497 e. The van der Waals surface area contributed by atoms with Crippen molar-refractivity contribution in [3.63, 3.8) is 0 Å². The van der Waals surface area contributed by atoms with Gasteiger partial charge in [-0.25, -0.2) is 0 Å². The fourth-order valence-electron chi connectivity index (χ4n) is 4.92. The minimum absolute atomic E-state index is 0.0345. The second kappa shape index (κ2) is 9.84. The number of nitrogens with one attached hydrogen (secondary N) is 1. The minimum atomic E-state index is -0.533. The van der Waals surface area contributed by atoms with Gasteiger partial charge in [-0.3, -0.25) is 9.59 Å². The van der Waals surface area contributed by atoms with Gasteiger partial charge in [0, 0.05) is 12.5 Å². The highest BCUT2D eigenvalue weighted by Crippen LogP contribution is 2.43. The highest BCUT2D eigenvalue weighted by molar-refractivity contribution is 5.88. The Bertz CT molecular complexity index is 1350. The number of carbonyl (C=O) groups is 2. The number of hydrogen-bond acceptors (Lipinski definition) is 5. The number of esters is 1. The van der Waals surface area contributed by atoms with Crippen LogP contribution in [0.4, 0.5) is 0 Å². The van der Waals surface area contributed by atoms with Crippen LogP contribution in [0.25, 0.3) is 10.8 Å². The van der Waals surface area contributed by atoms with E-state index in [1.807, 2.05) is 65.0 Å². The van der Waals surface area contributed by atoms with Gasteiger partial charge in [-0.15, -0.1) is 0 Å². The lowest BCUT2D eigenvalue weighted by atomic mass is 9.87. The number of amides is 1. The Labute approximate surface area is 212 Å². The van der Waals surface area contributed by atoms with Crippen LogP contribution in [0, 0.1) is 20.8 Å². The molecule has 1 amide bonds. The van der Waals surface area contributed by atoms with Crippen molar-refractivity contribution in [1.29, 1.82) is 0 Å². The Morgan fingerprint density at radius 1 is 1.06 bits per heavy atom. The number of carbonyl (C=O) groups excluding carboxylic acids is 2. The van der Waals surface area contributed by atoms with E-state index in [1.54, 1.807) is 7.11 Å². The largest absolute Gasteiger partial charge is 0.497 e. The number of ether oxygens (including phenoxy) is 3. The van der Waals surface area contributed by atoms with Crippen molar-refractivity contribution < 1.29 is 23.8 Å². The van der Waals surface area contributed by atoms with Crippen molar-refractivity contribution >= 4 is 22.6 Å². The second-order valence-corrected chi connectivity index (χ2v) is 10.1. The van der Waals surface area contributed by atoms with Crippen molar-refractivity contribution in [1.82, 2.24) is 5.32 Å². The lowest BCUT2D eigenvalue weighted by Gasteiger charge is -2.38. The van der Waals surface area contributed by atoms with Crippen LogP contribution in [-0.2, 0) is 16.0 Å². The number of methoxy groups -OCH3 is 1. The summed E-state index contributed by atoms with van der Waals surface area (Å²) in [6.07, 6.45) is 1.53. The quantitative estimate of drug-likeness (QED) is 0.355. The first kappa shape index (κ1) is 25.5. The topological polar surface area (TPSA) is 73.9 Å². The molecule has 1 aliphatic heterocycles. The van der Waals surface area contributed by atoms with Gasteiger partial charge in [-0.1, -0.05) is 24.3 Å². The van der Waals surface area contributed by atoms with Crippen LogP contribution >= 0.6 is 0 Å². The summed E-state index contributed by atoms with van der Waals surface area (Å²) in [7, 11) is 1.65. The van der Waals surface area contributed by atoms with E-state index in [-0.39, 0.29) is 17.8 Å². The Morgan fingerprint density at radius 3 is 2.44 bits per heavy atom. The molecule has 1 heterocycles. The van der Waals surface area contributed by atoms with Gasteiger partial charge in [-0.2, -0.15) is 0 Å². The summed E-state index contributed by atoms with van der Waals surface area (Å²) in [5.41, 5.74) is 4.30. The first-order chi connectivity index (χ1) is 17.0. The molecule has 0 saturated heterocycles. The zero-order valence-corrected chi connectivity index (χ0v) is 22.2. The van der Waals surface area contributed by atoms with Crippen LogP contribution in [-0.4, -0.2) is 31.1 Å². The fraction of sp³-hybridized carbons (Fsp3) is 0.400. The summed E-state index contributed by atoms with van der Waals surface area (Å²) in [6, 6.07) is 12.0. The first-order valence-corrected chi connectivity index (χ1v) is 12.4. The lowest BCUT2D eigenvalue weighted by molar-refractivity contribution is -0.132. The summed E-state index contributed by atoms with van der Waals surface area (Å²) in [4.78, 5) is 24.7. The van der Waals surface area contributed by atoms with Crippen LogP contribution in [0.15, 0.2) is 36.4 Å². The number of hydrogen-bond donors (Lipinski definition) is 1. The van der Waals surface area contributed by atoms with Crippen molar-refractivity contribution in [2.24, 2.45) is 0 Å². The molecular formula is C30H35NO5. The van der Waals surface area contributed by atoms with Gasteiger partial charge in [0.2, 0.25) is 5.91 Å². The smallest absolute Gasteiger partial charge is 0.308 e. The van der Waals surface area contributed by atoms with E-state index in [1.165, 1.54) is 6.92 Å². The third-order valence-electron chi connectivity index (χ3n) is 7.41. The predicted octanol–water partition coefficient (Wildman–Crippen LogP) is 5.70. The Morgan fingerprint density at radius 2 is 1.75 bits per heavy atom. The molecule has 1 aliphatic rings. The summed E-state index contributed by atoms with van der Waals surface area (Å²) in [5.74, 6) is 1.61. The van der Waals surface area contributed by atoms with Gasteiger partial charge >= 0.3 is 5.97 Å². The molecule has 0 saturated carbocycles. The van der Waals surface area contributed by atoms with Gasteiger partial charge in [-0.05, 0) is 92.6 Å². The average Bonchev–Trinajstić information content (AvgIpc) is 2.87. The Hall–Kier alpha value is -3.54. The molecule has 0 aromatic heterocycles. The Balaban J connectivity index is 1.48. The zero-order chi connectivity index (χ0) is 26.2. The lowest BCUT2D eigenvalue weighted by Crippen LogP contribution is -2.48. The van der Waals surface area contributed by atoms with E-state index < -0.39 is 5.60 Å². The van der Waals surface area contributed by atoms with E-state index in [0.29, 0.717) is 12.3 Å². The first-order valence-electron chi connectivity index (χ1n) is 12.4. The molecule has 6 nitrogen and oxygen atoms in total. The van der Waals surface area contributed by atoms with Crippen molar-refractivity contribution in [3.05, 3.63) is 64.2 Å². The third kappa shape index (κ3) is 4.90. The molecule has 3 aromatic rings. The van der Waals surface area contributed by atoms with Crippen molar-refractivity contribution in [2.45, 2.75) is 65.9 Å². The molecule has 0 unspecified atom stereocenters. The zero-order valence-electron chi connectivity index (χ0n) is 22.2. The molecule has 0 bridgehead atoms. The number of benzene rings is 3. The average molecular weight is 490 g/mol. The van der Waals surface area contributed by atoms with E-state index in [2.05, 4.69) is 11.4 Å². The molecule has 1 N–H and O–H groups in total. The Kier molecular flexibility index (Phi) is 6.98. The fourth-order valence-corrected chi connectivity index (χ4v) is 4.92. The van der Waals surface area contributed by atoms with Crippen molar-refractivity contribution in [3.8, 4) is 17.2 Å². The highest BCUT2D eigenvalue weighted by atomic mass is 16.5. The maximum atomic E-state index is 13.1. The second-order valence-electron chi connectivity index (χ2n) is 10.1. The molecule has 0 spiro atoms.